The number of anilines is 1. The van der Waals surface area contributed by atoms with Crippen molar-refractivity contribution in [2.45, 2.75) is 38.0 Å². The zero-order chi connectivity index (χ0) is 14.3. The van der Waals surface area contributed by atoms with Gasteiger partial charge in [-0.2, -0.15) is 0 Å². The molecular formula is C14H19N3O3. The highest BCUT2D eigenvalue weighted by atomic mass is 16.6. The van der Waals surface area contributed by atoms with Crippen LogP contribution in [0.2, 0.25) is 0 Å². The lowest BCUT2D eigenvalue weighted by atomic mass is 9.68. The predicted molar refractivity (Wildman–Crippen MR) is 75.7 cm³/mol. The number of rotatable bonds is 3. The third-order valence-electron chi connectivity index (χ3n) is 4.44. The third-order valence-corrected chi connectivity index (χ3v) is 4.44. The van der Waals surface area contributed by atoms with Gasteiger partial charge in [0.05, 0.1) is 17.1 Å². The first-order valence-corrected chi connectivity index (χ1v) is 6.97. The number of nitrogens with one attached hydrogen (secondary N) is 1. The van der Waals surface area contributed by atoms with Crippen LogP contribution in [-0.4, -0.2) is 29.7 Å². The summed E-state index contributed by atoms with van der Waals surface area (Å²) in [6.07, 6.45) is 2.21. The molecule has 4 atom stereocenters. The van der Waals surface area contributed by atoms with Crippen LogP contribution >= 0.6 is 0 Å². The number of hydrogen-bond donors (Lipinski definition) is 2. The van der Waals surface area contributed by atoms with Gasteiger partial charge >= 0.3 is 0 Å². The second-order valence-corrected chi connectivity index (χ2v) is 5.62. The lowest BCUT2D eigenvalue weighted by molar-refractivity contribution is -0.384. The maximum absolute atomic E-state index is 11.1. The Hall–Kier alpha value is -1.66. The van der Waals surface area contributed by atoms with Gasteiger partial charge in [-0.25, -0.2) is 0 Å². The molecule has 1 aliphatic heterocycles. The zero-order valence-corrected chi connectivity index (χ0v) is 11.4. The van der Waals surface area contributed by atoms with Gasteiger partial charge in [-0.3, -0.25) is 10.1 Å². The number of hydrogen-bond acceptors (Lipinski definition) is 5. The molecule has 4 unspecified atom stereocenters. The second kappa shape index (κ2) is 5.03. The van der Waals surface area contributed by atoms with Crippen molar-refractivity contribution in [1.82, 2.24) is 0 Å². The molecule has 1 saturated heterocycles. The van der Waals surface area contributed by atoms with Crippen LogP contribution in [0.1, 0.15) is 18.4 Å². The summed E-state index contributed by atoms with van der Waals surface area (Å²) < 4.78 is 5.76. The molecule has 0 spiro atoms. The highest BCUT2D eigenvalue weighted by Crippen LogP contribution is 2.40. The number of nitrogens with zero attached hydrogens (tertiary/aromatic N) is 1. The average Bonchev–Trinajstić information content (AvgIpc) is 2.45. The molecule has 3 rings (SSSR count). The molecule has 1 heterocycles. The molecule has 0 aromatic heterocycles. The molecule has 3 N–H and O–H groups in total. The van der Waals surface area contributed by atoms with E-state index < -0.39 is 0 Å². The van der Waals surface area contributed by atoms with E-state index in [1.807, 2.05) is 13.0 Å². The van der Waals surface area contributed by atoms with Gasteiger partial charge in [-0.15, -0.1) is 0 Å². The number of benzene rings is 1. The van der Waals surface area contributed by atoms with Crippen LogP contribution in [0.4, 0.5) is 11.4 Å². The van der Waals surface area contributed by atoms with E-state index in [2.05, 4.69) is 5.32 Å². The fourth-order valence-electron chi connectivity index (χ4n) is 3.28. The van der Waals surface area contributed by atoms with Crippen LogP contribution < -0.4 is 11.1 Å². The molecule has 6 heteroatoms. The number of fused-ring (bicyclic) bond motifs is 1. The van der Waals surface area contributed by atoms with Crippen LogP contribution in [0.25, 0.3) is 0 Å². The van der Waals surface area contributed by atoms with E-state index in [9.17, 15) is 10.1 Å². The number of para-hydroxylation sites is 1. The summed E-state index contributed by atoms with van der Waals surface area (Å²) in [4.78, 5) is 10.8. The molecule has 0 radical (unpaired) electrons. The maximum Gasteiger partial charge on any atom is 0.292 e. The Morgan fingerprint density at radius 1 is 1.50 bits per heavy atom. The molecule has 20 heavy (non-hydrogen) atoms. The van der Waals surface area contributed by atoms with Crippen LogP contribution in [0.5, 0.6) is 0 Å². The Bertz CT molecular complexity index is 534. The van der Waals surface area contributed by atoms with Crippen molar-refractivity contribution < 1.29 is 9.66 Å². The highest BCUT2D eigenvalue weighted by Gasteiger charge is 2.50. The Balaban J connectivity index is 1.83. The summed E-state index contributed by atoms with van der Waals surface area (Å²) in [7, 11) is 0. The van der Waals surface area contributed by atoms with Crippen molar-refractivity contribution in [1.29, 1.82) is 0 Å². The van der Waals surface area contributed by atoms with Gasteiger partial charge in [0.15, 0.2) is 0 Å². The maximum atomic E-state index is 11.1. The van der Waals surface area contributed by atoms with E-state index in [0.29, 0.717) is 11.6 Å². The van der Waals surface area contributed by atoms with Gasteiger partial charge in [-0.05, 0) is 25.3 Å². The van der Waals surface area contributed by atoms with Gasteiger partial charge in [0, 0.05) is 24.6 Å². The normalized spacial score (nSPS) is 32.1. The standard InChI is InChI=1S/C14H19N3O3/c1-8-4-2-6-10(17(18)19)12(8)16-13-11(15)9-5-3-7-20-14(9)13/h2,4,6,9,11,13-14,16H,3,5,7,15H2,1H3. The van der Waals surface area contributed by atoms with Crippen molar-refractivity contribution >= 4 is 11.4 Å². The lowest BCUT2D eigenvalue weighted by Gasteiger charge is -2.52. The summed E-state index contributed by atoms with van der Waals surface area (Å²) in [5, 5.41) is 14.4. The molecule has 1 saturated carbocycles. The highest BCUT2D eigenvalue weighted by molar-refractivity contribution is 5.67. The van der Waals surface area contributed by atoms with Gasteiger partial charge in [-0.1, -0.05) is 12.1 Å². The van der Waals surface area contributed by atoms with E-state index in [1.165, 1.54) is 6.07 Å². The quantitative estimate of drug-likeness (QED) is 0.649. The number of aryl methyl sites for hydroxylation is 1. The minimum atomic E-state index is -0.362. The molecule has 2 fully saturated rings. The molecule has 108 valence electrons. The molecule has 1 aliphatic carbocycles. The summed E-state index contributed by atoms with van der Waals surface area (Å²) in [5.74, 6) is 0.379. The van der Waals surface area contributed by atoms with E-state index in [0.717, 1.165) is 25.0 Å². The number of nitro groups is 1. The van der Waals surface area contributed by atoms with Crippen LogP contribution in [0.3, 0.4) is 0 Å². The first-order valence-electron chi connectivity index (χ1n) is 6.97. The molecule has 2 aliphatic rings. The number of nitro benzene ring substituents is 1. The molecule has 1 aromatic rings. The van der Waals surface area contributed by atoms with E-state index in [4.69, 9.17) is 10.5 Å². The second-order valence-electron chi connectivity index (χ2n) is 5.62. The van der Waals surface area contributed by atoms with Crippen LogP contribution in [-0.2, 0) is 4.74 Å². The van der Waals surface area contributed by atoms with Gasteiger partial charge in [0.1, 0.15) is 5.69 Å². The minimum Gasteiger partial charge on any atom is -0.376 e. The predicted octanol–water partition coefficient (Wildman–Crippen LogP) is 1.82. The molecule has 0 amide bonds. The van der Waals surface area contributed by atoms with Crippen LogP contribution in [0, 0.1) is 23.0 Å². The number of ether oxygens (including phenoxy) is 1. The monoisotopic (exact) mass is 277 g/mol. The smallest absolute Gasteiger partial charge is 0.292 e. The molecule has 0 bridgehead atoms. The average molecular weight is 277 g/mol. The zero-order valence-electron chi connectivity index (χ0n) is 11.4. The SMILES string of the molecule is Cc1cccc([N+](=O)[O-])c1NC1C(N)C2CCCOC21. The molecule has 1 aromatic carbocycles. The van der Waals surface area contributed by atoms with E-state index in [1.54, 1.807) is 6.07 Å². The number of nitrogens with two attached hydrogens (primary N) is 1. The van der Waals surface area contributed by atoms with Gasteiger partial charge in [0.2, 0.25) is 0 Å². The van der Waals surface area contributed by atoms with Crippen molar-refractivity contribution in [3.8, 4) is 0 Å². The summed E-state index contributed by atoms with van der Waals surface area (Å²) >= 11 is 0. The van der Waals surface area contributed by atoms with Crippen LogP contribution in [0.15, 0.2) is 18.2 Å². The van der Waals surface area contributed by atoms with Crippen molar-refractivity contribution in [3.05, 3.63) is 33.9 Å². The minimum absolute atomic E-state index is 0.000454. The Labute approximate surface area is 117 Å². The Morgan fingerprint density at radius 3 is 3.05 bits per heavy atom. The van der Waals surface area contributed by atoms with Crippen molar-refractivity contribution in [3.63, 3.8) is 0 Å². The molecule has 6 nitrogen and oxygen atoms in total. The first-order chi connectivity index (χ1) is 9.59. The topological polar surface area (TPSA) is 90.4 Å². The lowest BCUT2D eigenvalue weighted by Crippen LogP contribution is -2.69. The van der Waals surface area contributed by atoms with E-state index >= 15 is 0 Å². The summed E-state index contributed by atoms with van der Waals surface area (Å²) in [6.45, 7) is 2.61. The largest absolute Gasteiger partial charge is 0.376 e. The third kappa shape index (κ3) is 2.05. The Morgan fingerprint density at radius 2 is 2.30 bits per heavy atom. The summed E-state index contributed by atoms with van der Waals surface area (Å²) in [5.41, 5.74) is 7.70. The molecular weight excluding hydrogens is 258 g/mol. The van der Waals surface area contributed by atoms with E-state index in [-0.39, 0.29) is 28.8 Å². The Kier molecular flexibility index (Phi) is 3.35. The summed E-state index contributed by atoms with van der Waals surface area (Å²) in [6, 6.07) is 5.02. The van der Waals surface area contributed by atoms with Gasteiger partial charge in [0.25, 0.3) is 5.69 Å². The van der Waals surface area contributed by atoms with Gasteiger partial charge < -0.3 is 15.8 Å². The fourth-order valence-corrected chi connectivity index (χ4v) is 3.28. The fraction of sp³-hybridized carbons (Fsp3) is 0.571. The van der Waals surface area contributed by atoms with Crippen molar-refractivity contribution in [2.24, 2.45) is 11.7 Å². The first kappa shape index (κ1) is 13.3. The van der Waals surface area contributed by atoms with Crippen molar-refractivity contribution in [2.75, 3.05) is 11.9 Å².